The zero-order valence-corrected chi connectivity index (χ0v) is 16.6. The van der Waals surface area contributed by atoms with E-state index in [2.05, 4.69) is 26.1 Å². The highest BCUT2D eigenvalue weighted by molar-refractivity contribution is 5.92. The van der Waals surface area contributed by atoms with Crippen molar-refractivity contribution in [3.63, 3.8) is 0 Å². The van der Waals surface area contributed by atoms with Crippen LogP contribution in [-0.2, 0) is 4.79 Å². The highest BCUT2D eigenvalue weighted by atomic mass is 16.5. The van der Waals surface area contributed by atoms with Gasteiger partial charge in [-0.3, -0.25) is 4.79 Å². The molecule has 0 aliphatic carbocycles. The lowest BCUT2D eigenvalue weighted by molar-refractivity contribution is -0.118. The average Bonchev–Trinajstić information content (AvgIpc) is 2.48. The Kier molecular flexibility index (Phi) is 6.91. The van der Waals surface area contributed by atoms with Crippen molar-refractivity contribution >= 4 is 12.0 Å². The van der Waals surface area contributed by atoms with Gasteiger partial charge in [-0.2, -0.15) is 0 Å². The molecule has 0 atom stereocenters. The molecule has 25 heavy (non-hydrogen) atoms. The van der Waals surface area contributed by atoms with E-state index in [0.717, 1.165) is 12.0 Å². The van der Waals surface area contributed by atoms with Crippen molar-refractivity contribution in [2.75, 3.05) is 21.3 Å². The van der Waals surface area contributed by atoms with Crippen LogP contribution in [0.1, 0.15) is 46.6 Å². The Morgan fingerprint density at radius 3 is 2.08 bits per heavy atom. The minimum atomic E-state index is -0.290. The van der Waals surface area contributed by atoms with E-state index in [9.17, 15) is 4.79 Å². The third-order valence-corrected chi connectivity index (χ3v) is 3.58. The monoisotopic (exact) mass is 349 g/mol. The van der Waals surface area contributed by atoms with Crippen LogP contribution in [0.3, 0.4) is 0 Å². The van der Waals surface area contributed by atoms with Crippen LogP contribution in [0.25, 0.3) is 6.08 Å². The van der Waals surface area contributed by atoms with Crippen LogP contribution in [0.5, 0.6) is 17.2 Å². The van der Waals surface area contributed by atoms with Crippen molar-refractivity contribution in [2.24, 2.45) is 5.41 Å². The molecule has 0 spiro atoms. The summed E-state index contributed by atoms with van der Waals surface area (Å²) in [5.74, 6) is 1.46. The fourth-order valence-electron chi connectivity index (χ4n) is 3.17. The molecule has 0 saturated heterocycles. The second kappa shape index (κ2) is 8.28. The van der Waals surface area contributed by atoms with E-state index in [1.54, 1.807) is 33.5 Å². The Labute approximate surface area is 151 Å². The Morgan fingerprint density at radius 1 is 1.00 bits per heavy atom. The molecule has 0 bridgehead atoms. The van der Waals surface area contributed by atoms with E-state index >= 15 is 0 Å². The van der Waals surface area contributed by atoms with Gasteiger partial charge in [0.1, 0.15) is 0 Å². The van der Waals surface area contributed by atoms with Crippen LogP contribution < -0.4 is 19.5 Å². The summed E-state index contributed by atoms with van der Waals surface area (Å²) < 4.78 is 16.0. The van der Waals surface area contributed by atoms with Gasteiger partial charge in [0.05, 0.1) is 21.3 Å². The number of hydrogen-bond acceptors (Lipinski definition) is 4. The maximum absolute atomic E-state index is 12.3. The van der Waals surface area contributed by atoms with E-state index in [4.69, 9.17) is 14.2 Å². The molecule has 1 aromatic rings. The normalized spacial score (nSPS) is 12.2. The predicted molar refractivity (Wildman–Crippen MR) is 101 cm³/mol. The summed E-state index contributed by atoms with van der Waals surface area (Å²) in [6.45, 7) is 10.5. The first-order valence-corrected chi connectivity index (χ1v) is 8.32. The maximum Gasteiger partial charge on any atom is 0.244 e. The molecule has 0 aliphatic rings. The van der Waals surface area contributed by atoms with Gasteiger partial charge in [-0.25, -0.2) is 0 Å². The van der Waals surface area contributed by atoms with Gasteiger partial charge in [0.25, 0.3) is 0 Å². The number of nitrogens with one attached hydrogen (secondary N) is 1. The molecule has 0 heterocycles. The van der Waals surface area contributed by atoms with Crippen molar-refractivity contribution in [1.29, 1.82) is 0 Å². The second-order valence-electron chi connectivity index (χ2n) is 7.87. The Hall–Kier alpha value is -2.17. The van der Waals surface area contributed by atoms with E-state index in [-0.39, 0.29) is 16.9 Å². The minimum Gasteiger partial charge on any atom is -0.493 e. The minimum absolute atomic E-state index is 0.132. The summed E-state index contributed by atoms with van der Waals surface area (Å²) in [4.78, 5) is 12.3. The van der Waals surface area contributed by atoms with E-state index in [1.165, 1.54) is 6.08 Å². The fraction of sp³-hybridized carbons (Fsp3) is 0.550. The average molecular weight is 349 g/mol. The number of amides is 1. The van der Waals surface area contributed by atoms with E-state index in [1.807, 2.05) is 19.9 Å². The first kappa shape index (κ1) is 20.9. The molecule has 1 aromatic carbocycles. The van der Waals surface area contributed by atoms with Gasteiger partial charge in [0, 0.05) is 17.2 Å². The molecule has 0 saturated carbocycles. The molecule has 0 radical (unpaired) electrons. The number of carbonyl (C=O) groups excluding carboxylic acids is 1. The first-order chi connectivity index (χ1) is 11.5. The molecule has 1 rings (SSSR count). The zero-order valence-electron chi connectivity index (χ0n) is 16.6. The van der Waals surface area contributed by atoms with Crippen molar-refractivity contribution < 1.29 is 19.0 Å². The van der Waals surface area contributed by atoms with Gasteiger partial charge in [0.2, 0.25) is 11.7 Å². The summed E-state index contributed by atoms with van der Waals surface area (Å²) in [6.07, 6.45) is 4.09. The maximum atomic E-state index is 12.3. The van der Waals surface area contributed by atoms with Crippen LogP contribution in [0.15, 0.2) is 18.2 Å². The standard InChI is InChI=1S/C20H31NO4/c1-19(2,3)13-20(4,5)21-16(22)12-10-14-9-11-15(23-6)18(25-8)17(14)24-7/h9-12H,13H2,1-8H3,(H,21,22)/b12-10+. The zero-order chi connectivity index (χ0) is 19.3. The molecule has 0 fully saturated rings. The van der Waals surface area contributed by atoms with Crippen LogP contribution in [-0.4, -0.2) is 32.8 Å². The molecule has 0 unspecified atom stereocenters. The largest absolute Gasteiger partial charge is 0.493 e. The van der Waals surface area contributed by atoms with E-state index in [0.29, 0.717) is 17.2 Å². The summed E-state index contributed by atoms with van der Waals surface area (Å²) in [5.41, 5.74) is 0.581. The SMILES string of the molecule is COc1ccc(/C=C/C(=O)NC(C)(C)CC(C)(C)C)c(OC)c1OC. The van der Waals surface area contributed by atoms with Crippen LogP contribution in [0.2, 0.25) is 0 Å². The highest BCUT2D eigenvalue weighted by Gasteiger charge is 2.26. The van der Waals surface area contributed by atoms with Crippen molar-refractivity contribution in [3.8, 4) is 17.2 Å². The number of benzene rings is 1. The quantitative estimate of drug-likeness (QED) is 0.754. The molecule has 1 amide bonds. The molecule has 1 N–H and O–H groups in total. The molecule has 0 aliphatic heterocycles. The molecule has 5 nitrogen and oxygen atoms in total. The number of methoxy groups -OCH3 is 3. The number of rotatable bonds is 7. The summed E-state index contributed by atoms with van der Waals surface area (Å²) >= 11 is 0. The van der Waals surface area contributed by atoms with Crippen LogP contribution in [0.4, 0.5) is 0 Å². The predicted octanol–water partition coefficient (Wildman–Crippen LogP) is 4.06. The number of carbonyl (C=O) groups is 1. The van der Waals surface area contributed by atoms with Crippen molar-refractivity contribution in [2.45, 2.75) is 46.6 Å². The molecule has 5 heteroatoms. The van der Waals surface area contributed by atoms with Gasteiger partial charge in [-0.1, -0.05) is 20.8 Å². The van der Waals surface area contributed by atoms with Crippen LogP contribution >= 0.6 is 0 Å². The third kappa shape index (κ3) is 6.33. The van der Waals surface area contributed by atoms with Crippen molar-refractivity contribution in [1.82, 2.24) is 5.32 Å². The Bertz CT molecular complexity index is 627. The van der Waals surface area contributed by atoms with Crippen molar-refractivity contribution in [3.05, 3.63) is 23.8 Å². The Morgan fingerprint density at radius 2 is 1.60 bits per heavy atom. The summed E-state index contributed by atoms with van der Waals surface area (Å²) in [6, 6.07) is 3.60. The number of hydrogen-bond donors (Lipinski definition) is 1. The van der Waals surface area contributed by atoms with Gasteiger partial charge in [-0.15, -0.1) is 0 Å². The first-order valence-electron chi connectivity index (χ1n) is 8.32. The smallest absolute Gasteiger partial charge is 0.244 e. The molecular formula is C20H31NO4. The van der Waals surface area contributed by atoms with Gasteiger partial charge in [-0.05, 0) is 43.9 Å². The highest BCUT2D eigenvalue weighted by Crippen LogP contribution is 2.40. The molecular weight excluding hydrogens is 318 g/mol. The lowest BCUT2D eigenvalue weighted by Gasteiger charge is -2.32. The Balaban J connectivity index is 2.96. The molecule has 140 valence electrons. The van der Waals surface area contributed by atoms with Gasteiger partial charge < -0.3 is 19.5 Å². The third-order valence-electron chi connectivity index (χ3n) is 3.58. The summed E-state index contributed by atoms with van der Waals surface area (Å²) in [7, 11) is 4.67. The fourth-order valence-corrected chi connectivity index (χ4v) is 3.17. The number of ether oxygens (including phenoxy) is 3. The lowest BCUT2D eigenvalue weighted by Crippen LogP contribution is -2.45. The lowest BCUT2D eigenvalue weighted by atomic mass is 9.82. The van der Waals surface area contributed by atoms with Crippen LogP contribution in [0, 0.1) is 5.41 Å². The van der Waals surface area contributed by atoms with Gasteiger partial charge in [0.15, 0.2) is 11.5 Å². The summed E-state index contributed by atoms with van der Waals surface area (Å²) in [5, 5.41) is 3.05. The van der Waals surface area contributed by atoms with Gasteiger partial charge >= 0.3 is 0 Å². The second-order valence-corrected chi connectivity index (χ2v) is 7.87. The van der Waals surface area contributed by atoms with E-state index < -0.39 is 0 Å². The molecule has 0 aromatic heterocycles. The topological polar surface area (TPSA) is 56.8 Å².